The molecule has 0 aromatic heterocycles. The van der Waals surface area contributed by atoms with E-state index in [-0.39, 0.29) is 12.3 Å². The van der Waals surface area contributed by atoms with E-state index in [4.69, 9.17) is 0 Å². The van der Waals surface area contributed by atoms with Crippen LogP contribution in [-0.4, -0.2) is 20.9 Å². The number of nitrogens with zero attached hydrogens (tertiary/aromatic N) is 1. The molecule has 0 fully saturated rings. The first-order valence-corrected chi connectivity index (χ1v) is 12.1. The Labute approximate surface area is 185 Å². The number of anilines is 1. The van der Waals surface area contributed by atoms with Crippen molar-refractivity contribution >= 4 is 21.4 Å². The van der Waals surface area contributed by atoms with Crippen molar-refractivity contribution < 1.29 is 30.8 Å². The van der Waals surface area contributed by atoms with E-state index < -0.39 is 61.2 Å². The van der Waals surface area contributed by atoms with Gasteiger partial charge in [-0.05, 0) is 30.5 Å². The molecule has 0 saturated heterocycles. The van der Waals surface area contributed by atoms with Crippen molar-refractivity contribution in [3.05, 3.63) is 63.7 Å². The van der Waals surface area contributed by atoms with Gasteiger partial charge < -0.3 is 4.90 Å². The highest BCUT2D eigenvalue weighted by atomic mass is 32.2. The summed E-state index contributed by atoms with van der Waals surface area (Å²) in [5, 5.41) is 0. The minimum Gasteiger partial charge on any atom is -0.312 e. The van der Waals surface area contributed by atoms with Crippen LogP contribution in [0.4, 0.5) is 23.2 Å². The lowest BCUT2D eigenvalue weighted by Crippen LogP contribution is -2.42. The molecule has 1 aliphatic heterocycles. The van der Waals surface area contributed by atoms with E-state index in [9.17, 15) is 30.8 Å². The highest BCUT2D eigenvalue weighted by molar-refractivity contribution is 7.89. The monoisotopic (exact) mass is 471 g/mol. The third-order valence-electron chi connectivity index (χ3n) is 5.75. The molecule has 9 heteroatoms. The van der Waals surface area contributed by atoms with E-state index >= 15 is 0 Å². The van der Waals surface area contributed by atoms with Gasteiger partial charge in [0, 0.05) is 35.2 Å². The fourth-order valence-electron chi connectivity index (χ4n) is 4.06. The van der Waals surface area contributed by atoms with Crippen LogP contribution >= 0.6 is 0 Å². The number of halogens is 4. The first-order chi connectivity index (χ1) is 14.8. The molecule has 3 rings (SSSR count). The molecule has 32 heavy (non-hydrogen) atoms. The van der Waals surface area contributed by atoms with Crippen LogP contribution in [0.25, 0.3) is 0 Å². The van der Waals surface area contributed by atoms with Gasteiger partial charge in [-0.1, -0.05) is 32.9 Å². The number of benzene rings is 2. The van der Waals surface area contributed by atoms with Crippen molar-refractivity contribution in [2.45, 2.75) is 57.5 Å². The smallest absolute Gasteiger partial charge is 0.227 e. The minimum absolute atomic E-state index is 0.0147. The zero-order chi connectivity index (χ0) is 24.0. The molecule has 1 aliphatic rings. The van der Waals surface area contributed by atoms with Gasteiger partial charge >= 0.3 is 0 Å². The van der Waals surface area contributed by atoms with E-state index in [0.29, 0.717) is 17.8 Å². The summed E-state index contributed by atoms with van der Waals surface area (Å²) < 4.78 is 81.4. The molecule has 2 aromatic carbocycles. The quantitative estimate of drug-likeness (QED) is 0.436. The summed E-state index contributed by atoms with van der Waals surface area (Å²) in [5.41, 5.74) is -0.667. The van der Waals surface area contributed by atoms with Crippen LogP contribution in [0.15, 0.2) is 18.2 Å². The summed E-state index contributed by atoms with van der Waals surface area (Å²) in [4.78, 5) is 14.2. The molecule has 0 bridgehead atoms. The fourth-order valence-corrected chi connectivity index (χ4v) is 5.54. The summed E-state index contributed by atoms with van der Waals surface area (Å²) in [5.74, 6) is -8.39. The van der Waals surface area contributed by atoms with E-state index in [1.54, 1.807) is 17.0 Å². The Morgan fingerprint density at radius 3 is 2.16 bits per heavy atom. The molecule has 4 nitrogen and oxygen atoms in total. The molecule has 1 heterocycles. The average Bonchev–Trinajstić information content (AvgIpc) is 2.71. The summed E-state index contributed by atoms with van der Waals surface area (Å²) in [6.45, 7) is 7.11. The van der Waals surface area contributed by atoms with Crippen LogP contribution in [0, 0.1) is 30.2 Å². The van der Waals surface area contributed by atoms with Crippen LogP contribution < -0.4 is 4.90 Å². The number of hydrogen-bond donors (Lipinski definition) is 0. The highest BCUT2D eigenvalue weighted by Gasteiger charge is 2.36. The standard InChI is InChI=1S/C23H25F4NO3S/c1-5-8-28-17-7-6-14(9-16(17)23(3,4)10-18(28)29)11-32(30,31)12-15-21(26)19(24)13(2)20(25)22(15)27/h6-7,9H,5,8,10-12H2,1-4H3. The first-order valence-electron chi connectivity index (χ1n) is 10.2. The Morgan fingerprint density at radius 2 is 1.59 bits per heavy atom. The highest BCUT2D eigenvalue weighted by Crippen LogP contribution is 2.41. The minimum atomic E-state index is -4.17. The summed E-state index contributed by atoms with van der Waals surface area (Å²) in [6.07, 6.45) is 1.01. The second-order valence-electron chi connectivity index (χ2n) is 8.85. The zero-order valence-corrected chi connectivity index (χ0v) is 19.2. The number of sulfone groups is 1. The maximum absolute atomic E-state index is 14.2. The van der Waals surface area contributed by atoms with Crippen LogP contribution in [0.2, 0.25) is 0 Å². The first kappa shape index (κ1) is 24.2. The molecule has 0 spiro atoms. The van der Waals surface area contributed by atoms with E-state index in [0.717, 1.165) is 18.9 Å². The molecule has 174 valence electrons. The van der Waals surface area contributed by atoms with Gasteiger partial charge in [0.2, 0.25) is 5.91 Å². The van der Waals surface area contributed by atoms with Gasteiger partial charge in [-0.3, -0.25) is 4.79 Å². The number of hydrogen-bond acceptors (Lipinski definition) is 3. The molecule has 1 amide bonds. The van der Waals surface area contributed by atoms with Crippen molar-refractivity contribution in [2.75, 3.05) is 11.4 Å². The number of rotatable bonds is 6. The normalized spacial score (nSPS) is 15.8. The maximum Gasteiger partial charge on any atom is 0.227 e. The molecule has 0 radical (unpaired) electrons. The lowest BCUT2D eigenvalue weighted by atomic mass is 9.76. The number of fused-ring (bicyclic) bond motifs is 1. The van der Waals surface area contributed by atoms with E-state index in [2.05, 4.69) is 0 Å². The molecule has 0 atom stereocenters. The van der Waals surface area contributed by atoms with Crippen molar-refractivity contribution in [1.29, 1.82) is 0 Å². The van der Waals surface area contributed by atoms with Crippen molar-refractivity contribution in [3.63, 3.8) is 0 Å². The van der Waals surface area contributed by atoms with Gasteiger partial charge in [-0.25, -0.2) is 26.0 Å². The molecule has 0 saturated carbocycles. The van der Waals surface area contributed by atoms with Gasteiger partial charge in [0.25, 0.3) is 0 Å². The third-order valence-corrected chi connectivity index (χ3v) is 7.25. The zero-order valence-electron chi connectivity index (χ0n) is 18.4. The molecule has 0 unspecified atom stereocenters. The Kier molecular flexibility index (Phi) is 6.43. The number of carbonyl (C=O) groups is 1. The molecule has 2 aromatic rings. The molecule has 0 N–H and O–H groups in total. The predicted octanol–water partition coefficient (Wildman–Crippen LogP) is 5.09. The third kappa shape index (κ3) is 4.40. The van der Waals surface area contributed by atoms with Crippen LogP contribution in [0.3, 0.4) is 0 Å². The molecular formula is C23H25F4NO3S. The second kappa shape index (κ2) is 8.50. The van der Waals surface area contributed by atoms with Gasteiger partial charge in [0.1, 0.15) is 0 Å². The topological polar surface area (TPSA) is 54.5 Å². The van der Waals surface area contributed by atoms with Crippen LogP contribution in [0.1, 0.15) is 55.9 Å². The predicted molar refractivity (Wildman–Crippen MR) is 114 cm³/mol. The van der Waals surface area contributed by atoms with Gasteiger partial charge in [0.15, 0.2) is 33.1 Å². The largest absolute Gasteiger partial charge is 0.312 e. The Bertz CT molecular complexity index is 1160. The van der Waals surface area contributed by atoms with Gasteiger partial charge in [0.05, 0.1) is 11.5 Å². The summed E-state index contributed by atoms with van der Waals surface area (Å²) in [7, 11) is -4.17. The van der Waals surface area contributed by atoms with Crippen LogP contribution in [-0.2, 0) is 31.6 Å². The van der Waals surface area contributed by atoms with Crippen molar-refractivity contribution in [2.24, 2.45) is 0 Å². The lowest BCUT2D eigenvalue weighted by Gasteiger charge is -2.39. The number of carbonyl (C=O) groups excluding carboxylic acids is 1. The van der Waals surface area contributed by atoms with Crippen molar-refractivity contribution in [3.8, 4) is 0 Å². The SMILES string of the molecule is CCCN1C(=O)CC(C)(C)c2cc(CS(=O)(=O)Cc3c(F)c(F)c(C)c(F)c3F)ccc21. The Balaban J connectivity index is 1.96. The second-order valence-corrected chi connectivity index (χ2v) is 10.9. The number of amides is 1. The summed E-state index contributed by atoms with van der Waals surface area (Å²) in [6, 6.07) is 4.88. The fraction of sp³-hybridized carbons (Fsp3) is 0.435. The average molecular weight is 472 g/mol. The van der Waals surface area contributed by atoms with Gasteiger partial charge in [-0.15, -0.1) is 0 Å². The molecule has 0 aliphatic carbocycles. The maximum atomic E-state index is 14.2. The Hall–Kier alpha value is -2.42. The lowest BCUT2D eigenvalue weighted by molar-refractivity contribution is -0.120. The van der Waals surface area contributed by atoms with Crippen LogP contribution in [0.5, 0.6) is 0 Å². The van der Waals surface area contributed by atoms with E-state index in [1.165, 1.54) is 6.07 Å². The van der Waals surface area contributed by atoms with E-state index in [1.807, 2.05) is 20.8 Å². The molecular weight excluding hydrogens is 446 g/mol. The van der Waals surface area contributed by atoms with Crippen molar-refractivity contribution in [1.82, 2.24) is 0 Å². The Morgan fingerprint density at radius 1 is 1.00 bits per heavy atom. The van der Waals surface area contributed by atoms with Gasteiger partial charge in [-0.2, -0.15) is 0 Å². The summed E-state index contributed by atoms with van der Waals surface area (Å²) >= 11 is 0.